The number of hydrogen-bond acceptors (Lipinski definition) is 2. The van der Waals surface area contributed by atoms with E-state index in [9.17, 15) is 9.59 Å². The van der Waals surface area contributed by atoms with E-state index in [-0.39, 0.29) is 5.78 Å². The van der Waals surface area contributed by atoms with Crippen molar-refractivity contribution in [2.75, 3.05) is 0 Å². The number of carbonyl (C=O) groups excluding carboxylic acids is 2. The van der Waals surface area contributed by atoms with E-state index in [2.05, 4.69) is 45.6 Å². The van der Waals surface area contributed by atoms with Crippen LogP contribution in [0.25, 0.3) is 5.57 Å². The molecule has 0 radical (unpaired) electrons. The monoisotopic (exact) mass is 570 g/mol. The molecule has 6 rings (SSSR count). The van der Waals surface area contributed by atoms with Gasteiger partial charge in [-0.1, -0.05) is 116 Å². The lowest BCUT2D eigenvalue weighted by molar-refractivity contribution is -0.113. The van der Waals surface area contributed by atoms with Gasteiger partial charge in [-0.3, -0.25) is 9.59 Å². The molecule has 0 aliphatic heterocycles. The molecule has 1 aromatic carbocycles. The van der Waals surface area contributed by atoms with Gasteiger partial charge in [0.15, 0.2) is 5.78 Å². The van der Waals surface area contributed by atoms with Gasteiger partial charge in [0.1, 0.15) is 6.29 Å². The number of aldehydes is 1. The normalized spacial score (nSPS) is 33.9. The van der Waals surface area contributed by atoms with E-state index in [0.717, 1.165) is 30.1 Å². The van der Waals surface area contributed by atoms with Gasteiger partial charge in [0.25, 0.3) is 0 Å². The third kappa shape index (κ3) is 6.84. The molecule has 0 aromatic heterocycles. The van der Waals surface area contributed by atoms with Crippen molar-refractivity contribution in [2.24, 2.45) is 34.0 Å². The number of carbonyl (C=O) groups is 2. The summed E-state index contributed by atoms with van der Waals surface area (Å²) in [5, 5.41) is 0. The minimum Gasteiger partial charge on any atom is -0.298 e. The van der Waals surface area contributed by atoms with Crippen LogP contribution >= 0.6 is 0 Å². The maximum Gasteiger partial charge on any atom is 0.159 e. The lowest BCUT2D eigenvalue weighted by Crippen LogP contribution is -2.54. The Hall–Kier alpha value is -2.48. The molecule has 5 aliphatic rings. The molecule has 3 fully saturated rings. The van der Waals surface area contributed by atoms with Gasteiger partial charge in [-0.25, -0.2) is 0 Å². The largest absolute Gasteiger partial charge is 0.298 e. The molecule has 2 heteroatoms. The van der Waals surface area contributed by atoms with Crippen molar-refractivity contribution in [3.8, 4) is 0 Å². The smallest absolute Gasteiger partial charge is 0.159 e. The third-order valence-corrected chi connectivity index (χ3v) is 11.7. The first-order valence-electron chi connectivity index (χ1n) is 17.0. The van der Waals surface area contributed by atoms with Crippen LogP contribution in [0.5, 0.6) is 0 Å². The minimum absolute atomic E-state index is 0.197. The van der Waals surface area contributed by atoms with Crippen molar-refractivity contribution < 1.29 is 9.59 Å². The second-order valence-corrected chi connectivity index (χ2v) is 13.5. The summed E-state index contributed by atoms with van der Waals surface area (Å²) < 4.78 is 0. The Morgan fingerprint density at radius 3 is 2.21 bits per heavy atom. The van der Waals surface area contributed by atoms with Crippen LogP contribution in [0.2, 0.25) is 0 Å². The molecule has 6 unspecified atom stereocenters. The standard InChI is InChI=1S/C30H40O.C6H6O.2C2H6/c1-21(24-8-6-22(20-31)7-9-24)18-23-12-17-29(3)25(19-23)10-11-27-26(29)13-16-28(2)14-5-15-30(27,28)4;7-6-4-2-1-3-5-6;2*1-2/h6-9,19-20,23,26-27H,1,5,10-18H2,2-4H3;1-4H,5H2;2*1-2H3. The van der Waals surface area contributed by atoms with Crippen LogP contribution in [0.3, 0.4) is 0 Å². The predicted octanol–water partition coefficient (Wildman–Crippen LogP) is 11.4. The molecular formula is C40H58O2. The SMILES string of the molecule is C=C(CC1C=C2CCC3C(CCC4(C)CCCC34C)C2(C)CC1)c1ccc(C=O)cc1.CC.CC.O=C1C=CC=CC1. The Labute approximate surface area is 257 Å². The van der Waals surface area contributed by atoms with Crippen LogP contribution in [0.15, 0.2) is 66.8 Å². The van der Waals surface area contributed by atoms with Crippen LogP contribution in [0.4, 0.5) is 0 Å². The molecule has 230 valence electrons. The first kappa shape index (κ1) is 34.0. The Kier molecular flexibility index (Phi) is 12.0. The van der Waals surface area contributed by atoms with Gasteiger partial charge >= 0.3 is 0 Å². The lowest BCUT2D eigenvalue weighted by Gasteiger charge is -2.62. The zero-order valence-electron chi connectivity index (χ0n) is 27.8. The van der Waals surface area contributed by atoms with Crippen molar-refractivity contribution in [1.29, 1.82) is 0 Å². The molecule has 2 nitrogen and oxygen atoms in total. The summed E-state index contributed by atoms with van der Waals surface area (Å²) in [5.74, 6) is 2.64. The van der Waals surface area contributed by atoms with E-state index < -0.39 is 0 Å². The zero-order valence-corrected chi connectivity index (χ0v) is 27.8. The van der Waals surface area contributed by atoms with Gasteiger partial charge < -0.3 is 0 Å². The van der Waals surface area contributed by atoms with Crippen molar-refractivity contribution in [3.05, 3.63) is 77.9 Å². The molecule has 5 aliphatic carbocycles. The van der Waals surface area contributed by atoms with Gasteiger partial charge in [-0.05, 0) is 109 Å². The van der Waals surface area contributed by atoms with E-state index in [1.54, 1.807) is 17.7 Å². The molecule has 0 amide bonds. The molecule has 0 heterocycles. The fraction of sp³-hybridized carbons (Fsp3) is 0.600. The highest BCUT2D eigenvalue weighted by Crippen LogP contribution is 2.70. The van der Waals surface area contributed by atoms with E-state index in [0.29, 0.717) is 28.6 Å². The maximum atomic E-state index is 10.9. The van der Waals surface area contributed by atoms with Crippen molar-refractivity contribution in [2.45, 2.75) is 119 Å². The summed E-state index contributed by atoms with van der Waals surface area (Å²) in [6.07, 6.45) is 24.9. The van der Waals surface area contributed by atoms with Gasteiger partial charge in [0.05, 0.1) is 0 Å². The van der Waals surface area contributed by atoms with E-state index in [1.165, 1.54) is 68.9 Å². The summed E-state index contributed by atoms with van der Waals surface area (Å²) >= 11 is 0. The average molecular weight is 571 g/mol. The maximum absolute atomic E-state index is 10.9. The summed E-state index contributed by atoms with van der Waals surface area (Å²) in [5.41, 5.74) is 6.51. The summed E-state index contributed by atoms with van der Waals surface area (Å²) in [6.45, 7) is 20.3. The average Bonchev–Trinajstić information content (AvgIpc) is 3.35. The quantitative estimate of drug-likeness (QED) is 0.266. The fourth-order valence-corrected chi connectivity index (χ4v) is 9.07. The third-order valence-electron chi connectivity index (χ3n) is 11.7. The Morgan fingerprint density at radius 1 is 0.905 bits per heavy atom. The molecular weight excluding hydrogens is 512 g/mol. The molecule has 0 saturated heterocycles. The van der Waals surface area contributed by atoms with Crippen LogP contribution in [0, 0.1) is 34.0 Å². The van der Waals surface area contributed by atoms with E-state index in [4.69, 9.17) is 0 Å². The second-order valence-electron chi connectivity index (χ2n) is 13.5. The van der Waals surface area contributed by atoms with Crippen LogP contribution in [-0.2, 0) is 4.79 Å². The summed E-state index contributed by atoms with van der Waals surface area (Å²) in [6, 6.07) is 7.93. The molecule has 0 bridgehead atoms. The number of hydrogen-bond donors (Lipinski definition) is 0. The molecule has 0 N–H and O–H groups in total. The number of benzene rings is 1. The Morgan fingerprint density at radius 2 is 1.62 bits per heavy atom. The van der Waals surface area contributed by atoms with Crippen LogP contribution in [-0.4, -0.2) is 12.1 Å². The predicted molar refractivity (Wildman–Crippen MR) is 181 cm³/mol. The van der Waals surface area contributed by atoms with Crippen molar-refractivity contribution in [3.63, 3.8) is 0 Å². The topological polar surface area (TPSA) is 34.1 Å². The summed E-state index contributed by atoms with van der Waals surface area (Å²) in [4.78, 5) is 21.3. The Bertz CT molecular complexity index is 1170. The highest BCUT2D eigenvalue weighted by atomic mass is 16.1. The lowest BCUT2D eigenvalue weighted by atomic mass is 9.42. The molecule has 3 saturated carbocycles. The molecule has 0 spiro atoms. The fourth-order valence-electron chi connectivity index (χ4n) is 9.07. The molecule has 6 atom stereocenters. The molecule has 1 aromatic rings. The number of allylic oxidation sites excluding steroid dienone is 7. The Balaban J connectivity index is 0.000000377. The van der Waals surface area contributed by atoms with E-state index >= 15 is 0 Å². The van der Waals surface area contributed by atoms with Gasteiger partial charge in [0, 0.05) is 12.0 Å². The van der Waals surface area contributed by atoms with Crippen LogP contribution < -0.4 is 0 Å². The minimum atomic E-state index is 0.197. The highest BCUT2D eigenvalue weighted by molar-refractivity contribution is 5.92. The number of fused-ring (bicyclic) bond motifs is 5. The highest BCUT2D eigenvalue weighted by Gasteiger charge is 2.61. The second kappa shape index (κ2) is 14.8. The first-order valence-corrected chi connectivity index (χ1v) is 17.0. The van der Waals surface area contributed by atoms with Gasteiger partial charge in [0.2, 0.25) is 0 Å². The van der Waals surface area contributed by atoms with Gasteiger partial charge in [-0.2, -0.15) is 0 Å². The van der Waals surface area contributed by atoms with E-state index in [1.807, 2.05) is 52.0 Å². The number of rotatable bonds is 4. The van der Waals surface area contributed by atoms with Crippen molar-refractivity contribution >= 4 is 17.6 Å². The zero-order chi connectivity index (χ0) is 31.0. The van der Waals surface area contributed by atoms with Gasteiger partial charge in [-0.15, -0.1) is 0 Å². The molecule has 42 heavy (non-hydrogen) atoms. The van der Waals surface area contributed by atoms with Crippen molar-refractivity contribution in [1.82, 2.24) is 0 Å². The van der Waals surface area contributed by atoms with Crippen LogP contribution in [0.1, 0.15) is 135 Å². The number of ketones is 1. The first-order chi connectivity index (χ1) is 20.2. The summed E-state index contributed by atoms with van der Waals surface area (Å²) in [7, 11) is 0.